The third kappa shape index (κ3) is 3.29. The number of ether oxygens (including phenoxy) is 1. The molecule has 0 aromatic carbocycles. The molecule has 0 atom stereocenters. The normalized spacial score (nSPS) is 15.5. The van der Waals surface area contributed by atoms with Crippen molar-refractivity contribution >= 4 is 11.6 Å². The second-order valence-corrected chi connectivity index (χ2v) is 6.36. The molecule has 0 radical (unpaired) electrons. The molecule has 5 heteroatoms. The number of carbonyl (C=O) groups is 1. The Morgan fingerprint density at radius 1 is 1.27 bits per heavy atom. The van der Waals surface area contributed by atoms with Gasteiger partial charge in [0, 0.05) is 37.4 Å². The molecule has 1 aliphatic heterocycles. The molecular weight excluding hydrogens is 278 g/mol. The number of nitrogens with one attached hydrogen (secondary N) is 1. The average Bonchev–Trinajstić information content (AvgIpc) is 2.76. The molecular formula is C17H29N3O2. The van der Waals surface area contributed by atoms with Crippen molar-refractivity contribution < 1.29 is 9.53 Å². The minimum Gasteiger partial charge on any atom is -0.378 e. The van der Waals surface area contributed by atoms with Crippen LogP contribution in [0.4, 0.5) is 5.69 Å². The first-order chi connectivity index (χ1) is 10.5. The summed E-state index contributed by atoms with van der Waals surface area (Å²) in [5.41, 5.74) is 4.28. The zero-order valence-corrected chi connectivity index (χ0v) is 14.5. The van der Waals surface area contributed by atoms with E-state index in [1.807, 2.05) is 0 Å². The summed E-state index contributed by atoms with van der Waals surface area (Å²) in [6.45, 7) is 15.3. The van der Waals surface area contributed by atoms with Crippen LogP contribution in [0.5, 0.6) is 0 Å². The van der Waals surface area contributed by atoms with E-state index in [1.165, 1.54) is 11.4 Å². The molecule has 2 rings (SSSR count). The Labute approximate surface area is 133 Å². The number of anilines is 1. The summed E-state index contributed by atoms with van der Waals surface area (Å²) in [4.78, 5) is 15.0. The number of aromatic nitrogens is 1. The highest BCUT2D eigenvalue weighted by molar-refractivity contribution is 5.96. The van der Waals surface area contributed by atoms with E-state index in [0.29, 0.717) is 12.5 Å². The van der Waals surface area contributed by atoms with Gasteiger partial charge < -0.3 is 19.5 Å². The van der Waals surface area contributed by atoms with Gasteiger partial charge in [0.2, 0.25) is 0 Å². The lowest BCUT2D eigenvalue weighted by Crippen LogP contribution is -2.36. The Morgan fingerprint density at radius 3 is 2.45 bits per heavy atom. The highest BCUT2D eigenvalue weighted by Crippen LogP contribution is 2.31. The summed E-state index contributed by atoms with van der Waals surface area (Å²) in [5, 5.41) is 3.05. The first-order valence-electron chi connectivity index (χ1n) is 8.27. The fraction of sp³-hybridized carbons (Fsp3) is 0.706. The summed E-state index contributed by atoms with van der Waals surface area (Å²) < 4.78 is 7.58. The van der Waals surface area contributed by atoms with Crippen LogP contribution in [-0.4, -0.2) is 43.3 Å². The van der Waals surface area contributed by atoms with Crippen molar-refractivity contribution in [2.45, 2.75) is 41.2 Å². The molecule has 1 aromatic heterocycles. The molecule has 0 saturated carbocycles. The van der Waals surface area contributed by atoms with Crippen LogP contribution >= 0.6 is 0 Å². The third-order valence-electron chi connectivity index (χ3n) is 4.26. The Bertz CT molecular complexity index is 528. The first kappa shape index (κ1) is 16.9. The number of carbonyl (C=O) groups excluding carboxylic acids is 1. The number of hydrogen-bond donors (Lipinski definition) is 1. The van der Waals surface area contributed by atoms with Gasteiger partial charge in [-0.15, -0.1) is 0 Å². The molecule has 124 valence electrons. The maximum Gasteiger partial charge on any atom is 0.268 e. The molecule has 22 heavy (non-hydrogen) atoms. The third-order valence-corrected chi connectivity index (χ3v) is 4.26. The average molecular weight is 307 g/mol. The van der Waals surface area contributed by atoms with Crippen LogP contribution in [0.2, 0.25) is 0 Å². The van der Waals surface area contributed by atoms with Crippen LogP contribution in [0.15, 0.2) is 0 Å². The van der Waals surface area contributed by atoms with Crippen LogP contribution in [0, 0.1) is 19.8 Å². The molecule has 1 saturated heterocycles. The largest absolute Gasteiger partial charge is 0.378 e. The summed E-state index contributed by atoms with van der Waals surface area (Å²) in [6, 6.07) is 0. The van der Waals surface area contributed by atoms with Crippen LogP contribution in [0.25, 0.3) is 0 Å². The van der Waals surface area contributed by atoms with Gasteiger partial charge in [0.05, 0.1) is 18.9 Å². The van der Waals surface area contributed by atoms with Crippen LogP contribution < -0.4 is 10.2 Å². The van der Waals surface area contributed by atoms with Crippen molar-refractivity contribution in [2.24, 2.45) is 5.92 Å². The molecule has 1 fully saturated rings. The predicted molar refractivity (Wildman–Crippen MR) is 89.8 cm³/mol. The zero-order chi connectivity index (χ0) is 16.3. The van der Waals surface area contributed by atoms with Gasteiger partial charge in [-0.3, -0.25) is 4.79 Å². The van der Waals surface area contributed by atoms with Gasteiger partial charge in [-0.1, -0.05) is 13.8 Å². The molecule has 0 unspecified atom stereocenters. The van der Waals surface area contributed by atoms with Gasteiger partial charge in [0.25, 0.3) is 5.91 Å². The Kier molecular flexibility index (Phi) is 5.51. The Morgan fingerprint density at radius 2 is 1.91 bits per heavy atom. The molecule has 1 N–H and O–H groups in total. The lowest BCUT2D eigenvalue weighted by Gasteiger charge is -2.29. The highest BCUT2D eigenvalue weighted by atomic mass is 16.5. The first-order valence-corrected chi connectivity index (χ1v) is 8.27. The van der Waals surface area contributed by atoms with Gasteiger partial charge in [-0.2, -0.15) is 0 Å². The lowest BCUT2D eigenvalue weighted by molar-refractivity contribution is 0.0939. The summed E-state index contributed by atoms with van der Waals surface area (Å²) in [6.07, 6.45) is 0. The van der Waals surface area contributed by atoms with Crippen molar-refractivity contribution in [3.8, 4) is 0 Å². The SMILES string of the molecule is CCn1c(C)c(N2CCOCC2)c(C)c1C(=O)NCC(C)C. The minimum atomic E-state index is 0.0376. The van der Waals surface area contributed by atoms with Crippen molar-refractivity contribution in [1.82, 2.24) is 9.88 Å². The molecule has 0 aliphatic carbocycles. The molecule has 1 aliphatic rings. The number of rotatable bonds is 5. The zero-order valence-electron chi connectivity index (χ0n) is 14.5. The molecule has 5 nitrogen and oxygen atoms in total. The molecule has 1 aromatic rings. The van der Waals surface area contributed by atoms with E-state index in [1.54, 1.807) is 0 Å². The van der Waals surface area contributed by atoms with E-state index >= 15 is 0 Å². The summed E-state index contributed by atoms with van der Waals surface area (Å²) in [7, 11) is 0. The second kappa shape index (κ2) is 7.18. The van der Waals surface area contributed by atoms with Gasteiger partial charge in [0.15, 0.2) is 0 Å². The Balaban J connectivity index is 2.34. The van der Waals surface area contributed by atoms with Crippen molar-refractivity contribution in [3.63, 3.8) is 0 Å². The van der Waals surface area contributed by atoms with Crippen molar-refractivity contribution in [1.29, 1.82) is 0 Å². The van der Waals surface area contributed by atoms with E-state index in [4.69, 9.17) is 4.74 Å². The van der Waals surface area contributed by atoms with E-state index in [-0.39, 0.29) is 5.91 Å². The molecule has 2 heterocycles. The van der Waals surface area contributed by atoms with E-state index in [2.05, 4.69) is 49.4 Å². The summed E-state index contributed by atoms with van der Waals surface area (Å²) in [5.74, 6) is 0.491. The second-order valence-electron chi connectivity index (χ2n) is 6.36. The molecule has 0 bridgehead atoms. The van der Waals surface area contributed by atoms with E-state index in [0.717, 1.165) is 44.1 Å². The van der Waals surface area contributed by atoms with E-state index < -0.39 is 0 Å². The fourth-order valence-electron chi connectivity index (χ4n) is 3.20. The summed E-state index contributed by atoms with van der Waals surface area (Å²) >= 11 is 0. The number of hydrogen-bond acceptors (Lipinski definition) is 3. The van der Waals surface area contributed by atoms with Crippen LogP contribution in [0.3, 0.4) is 0 Å². The standard InChI is InChI=1S/C17H29N3O2/c1-6-20-14(5)15(19-7-9-22-10-8-19)13(4)16(20)17(21)18-11-12(2)3/h12H,6-11H2,1-5H3,(H,18,21). The Hall–Kier alpha value is -1.49. The van der Waals surface area contributed by atoms with Crippen LogP contribution in [0.1, 0.15) is 42.5 Å². The molecule has 1 amide bonds. The van der Waals surface area contributed by atoms with Gasteiger partial charge in [-0.05, 0) is 26.7 Å². The minimum absolute atomic E-state index is 0.0376. The number of morpholine rings is 1. The van der Waals surface area contributed by atoms with Gasteiger partial charge >= 0.3 is 0 Å². The maximum absolute atomic E-state index is 12.6. The quantitative estimate of drug-likeness (QED) is 0.908. The monoisotopic (exact) mass is 307 g/mol. The smallest absolute Gasteiger partial charge is 0.268 e. The van der Waals surface area contributed by atoms with Crippen molar-refractivity contribution in [3.05, 3.63) is 17.0 Å². The number of nitrogens with zero attached hydrogens (tertiary/aromatic N) is 2. The van der Waals surface area contributed by atoms with Gasteiger partial charge in [-0.25, -0.2) is 0 Å². The number of amides is 1. The van der Waals surface area contributed by atoms with Crippen molar-refractivity contribution in [2.75, 3.05) is 37.7 Å². The van der Waals surface area contributed by atoms with Crippen LogP contribution in [-0.2, 0) is 11.3 Å². The fourth-order valence-corrected chi connectivity index (χ4v) is 3.20. The predicted octanol–water partition coefficient (Wildman–Crippen LogP) is 2.35. The maximum atomic E-state index is 12.6. The van der Waals surface area contributed by atoms with Gasteiger partial charge in [0.1, 0.15) is 5.69 Å². The van der Waals surface area contributed by atoms with E-state index in [9.17, 15) is 4.79 Å². The highest BCUT2D eigenvalue weighted by Gasteiger charge is 2.26. The lowest BCUT2D eigenvalue weighted by atomic mass is 10.1. The molecule has 0 spiro atoms. The topological polar surface area (TPSA) is 46.5 Å².